The number of anilines is 1. The van der Waals surface area contributed by atoms with Crippen molar-refractivity contribution in [3.63, 3.8) is 0 Å². The van der Waals surface area contributed by atoms with Crippen LogP contribution < -0.4 is 11.4 Å². The van der Waals surface area contributed by atoms with Crippen LogP contribution in [0, 0.1) is 5.41 Å². The van der Waals surface area contributed by atoms with Crippen molar-refractivity contribution in [1.29, 1.82) is 0 Å². The van der Waals surface area contributed by atoms with Crippen molar-refractivity contribution < 1.29 is 18.6 Å². The first-order chi connectivity index (χ1) is 11.0. The van der Waals surface area contributed by atoms with Gasteiger partial charge in [0.15, 0.2) is 0 Å². The van der Waals surface area contributed by atoms with Crippen molar-refractivity contribution in [1.82, 2.24) is 9.55 Å². The summed E-state index contributed by atoms with van der Waals surface area (Å²) in [7, 11) is -0.891. The normalized spacial score (nSPS) is 21.5. The van der Waals surface area contributed by atoms with Crippen LogP contribution in [0.25, 0.3) is 6.20 Å². The summed E-state index contributed by atoms with van der Waals surface area (Å²) in [6.45, 7) is 2.19. The average Bonchev–Trinajstić information content (AvgIpc) is 3.20. The first kappa shape index (κ1) is 17.3. The van der Waals surface area contributed by atoms with Crippen LogP contribution in [0.3, 0.4) is 0 Å². The van der Waals surface area contributed by atoms with Crippen LogP contribution in [0.15, 0.2) is 22.6 Å². The van der Waals surface area contributed by atoms with Gasteiger partial charge < -0.3 is 10.5 Å². The summed E-state index contributed by atoms with van der Waals surface area (Å²) >= 11 is 0. The molecule has 0 aromatic carbocycles. The number of aromatic nitrogens is 2. The van der Waals surface area contributed by atoms with Crippen molar-refractivity contribution in [2.24, 2.45) is 5.41 Å². The van der Waals surface area contributed by atoms with E-state index in [2.05, 4.69) is 4.98 Å². The summed E-state index contributed by atoms with van der Waals surface area (Å²) in [4.78, 5) is 26.9. The van der Waals surface area contributed by atoms with Crippen LogP contribution in [-0.4, -0.2) is 28.7 Å². The number of esters is 1. The van der Waals surface area contributed by atoms with Gasteiger partial charge in [-0.3, -0.25) is 9.36 Å². The van der Waals surface area contributed by atoms with E-state index in [1.165, 1.54) is 16.8 Å². The van der Waals surface area contributed by atoms with Gasteiger partial charge in [-0.1, -0.05) is 6.92 Å². The zero-order chi connectivity index (χ0) is 16.9. The molecule has 124 valence electrons. The molecule has 2 unspecified atom stereocenters. The van der Waals surface area contributed by atoms with E-state index >= 15 is 0 Å². The molecule has 2 N–H and O–H groups in total. The minimum Gasteiger partial charge on any atom is -0.465 e. The number of rotatable bonds is 8. The summed E-state index contributed by atoms with van der Waals surface area (Å²) in [5, 5.41) is 0. The number of nitrogens with zero attached hydrogens (tertiary/aromatic N) is 2. The van der Waals surface area contributed by atoms with Crippen LogP contribution >= 0.6 is 8.69 Å². The Morgan fingerprint density at radius 2 is 2.35 bits per heavy atom. The highest BCUT2D eigenvalue weighted by Crippen LogP contribution is 2.53. The Hall–Kier alpha value is -2.05. The maximum atomic E-state index is 11.7. The number of ether oxygens (including phenoxy) is 1. The van der Waals surface area contributed by atoms with Gasteiger partial charge >= 0.3 is 20.3 Å². The van der Waals surface area contributed by atoms with Crippen LogP contribution in [0.2, 0.25) is 0 Å². The van der Waals surface area contributed by atoms with E-state index in [0.717, 1.165) is 5.57 Å². The quantitative estimate of drug-likeness (QED) is 0.561. The third-order valence-corrected chi connectivity index (χ3v) is 3.86. The van der Waals surface area contributed by atoms with E-state index in [1.54, 1.807) is 6.20 Å². The third-order valence-electron chi connectivity index (χ3n) is 3.60. The highest BCUT2D eigenvalue weighted by molar-refractivity contribution is 7.17. The van der Waals surface area contributed by atoms with Gasteiger partial charge in [0.2, 0.25) is 0 Å². The molecule has 1 aromatic rings. The zero-order valence-electron chi connectivity index (χ0n) is 12.8. The monoisotopic (exact) mass is 340 g/mol. The highest BCUT2D eigenvalue weighted by atomic mass is 31.1. The van der Waals surface area contributed by atoms with Gasteiger partial charge in [-0.05, 0) is 29.0 Å². The number of hydrogen-bond donors (Lipinski definition) is 1. The lowest BCUT2D eigenvalue weighted by atomic mass is 10.1. The Bertz CT molecular complexity index is 687. The average molecular weight is 340 g/mol. The van der Waals surface area contributed by atoms with E-state index in [4.69, 9.17) is 15.0 Å². The third kappa shape index (κ3) is 4.46. The molecule has 23 heavy (non-hydrogen) atoms. The summed E-state index contributed by atoms with van der Waals surface area (Å²) in [5.74, 6) is -0.134. The molecule has 1 aliphatic rings. The molecule has 1 saturated carbocycles. The van der Waals surface area contributed by atoms with Gasteiger partial charge in [0.25, 0.3) is 0 Å². The lowest BCUT2D eigenvalue weighted by molar-refractivity contribution is -0.145. The highest BCUT2D eigenvalue weighted by Gasteiger charge is 2.51. The van der Waals surface area contributed by atoms with E-state index in [1.807, 2.05) is 6.92 Å². The number of carbonyl (C=O) groups excluding carboxylic acids is 1. The lowest BCUT2D eigenvalue weighted by Gasteiger charge is -2.11. The summed E-state index contributed by atoms with van der Waals surface area (Å²) in [5.41, 5.74) is 5.30. The van der Waals surface area contributed by atoms with Crippen LogP contribution in [-0.2, 0) is 18.6 Å². The molecule has 0 bridgehead atoms. The molecule has 2 atom stereocenters. The Balaban J connectivity index is 2.12. The first-order valence-corrected chi connectivity index (χ1v) is 8.03. The van der Waals surface area contributed by atoms with Crippen molar-refractivity contribution in [3.05, 3.63) is 28.3 Å². The van der Waals surface area contributed by atoms with Gasteiger partial charge in [-0.2, -0.15) is 4.98 Å². The molecule has 8 nitrogen and oxygen atoms in total. The fraction of sp³-hybridized carbons (Fsp3) is 0.500. The fourth-order valence-corrected chi connectivity index (χ4v) is 2.52. The molecule has 0 spiro atoms. The molecule has 0 amide bonds. The Morgan fingerprint density at radius 1 is 1.57 bits per heavy atom. The van der Waals surface area contributed by atoms with Crippen LogP contribution in [0.1, 0.15) is 26.2 Å². The van der Waals surface area contributed by atoms with Gasteiger partial charge in [0.1, 0.15) is 19.0 Å². The SMILES string of the molecule is CCCC(=O)OCC1(CO[PH+]=O)C/C1=C/n1ccc(N)nc1=O. The molecule has 0 radical (unpaired) electrons. The maximum Gasteiger partial charge on any atom is 0.494 e. The molecule has 1 fully saturated rings. The Labute approximate surface area is 134 Å². The standard InChI is InChI=1S/C14H18N3O5P/c1-2-3-12(18)21-8-14(9-22-23-20)6-10(14)7-17-5-4-11(15)16-13(17)19/h4-5,7,23H,2-3,6,8-9H2,1H3,(H-,15,16,19)/p+1/b10-7-. The lowest BCUT2D eigenvalue weighted by Crippen LogP contribution is -2.21. The van der Waals surface area contributed by atoms with Crippen molar-refractivity contribution in [2.75, 3.05) is 18.9 Å². The number of nitrogen functional groups attached to an aromatic ring is 1. The smallest absolute Gasteiger partial charge is 0.465 e. The Morgan fingerprint density at radius 3 is 3.00 bits per heavy atom. The van der Waals surface area contributed by atoms with Crippen LogP contribution in [0.4, 0.5) is 5.82 Å². The van der Waals surface area contributed by atoms with Crippen molar-refractivity contribution in [2.45, 2.75) is 26.2 Å². The predicted molar refractivity (Wildman–Crippen MR) is 85.1 cm³/mol. The number of carbonyl (C=O) groups is 1. The summed E-state index contributed by atoms with van der Waals surface area (Å²) in [6, 6.07) is 1.51. The Kier molecular flexibility index (Phi) is 5.63. The van der Waals surface area contributed by atoms with Crippen molar-refractivity contribution in [3.8, 4) is 0 Å². The van der Waals surface area contributed by atoms with E-state index < -0.39 is 19.8 Å². The first-order valence-electron chi connectivity index (χ1n) is 7.21. The van der Waals surface area contributed by atoms with E-state index in [0.29, 0.717) is 19.3 Å². The second-order valence-corrected chi connectivity index (χ2v) is 5.89. The molecule has 1 aromatic heterocycles. The minimum atomic E-state index is -0.891. The second kappa shape index (κ2) is 7.48. The molecule has 9 heteroatoms. The topological polar surface area (TPSA) is 114 Å². The number of nitrogens with two attached hydrogens (primary N) is 1. The van der Waals surface area contributed by atoms with Crippen LogP contribution in [0.5, 0.6) is 0 Å². The molecule has 0 saturated heterocycles. The summed E-state index contributed by atoms with van der Waals surface area (Å²) in [6.07, 6.45) is 4.79. The molecule has 1 heterocycles. The molecule has 0 aliphatic heterocycles. The molecule has 1 aliphatic carbocycles. The predicted octanol–water partition coefficient (Wildman–Crippen LogP) is 1.36. The largest absolute Gasteiger partial charge is 0.494 e. The van der Waals surface area contributed by atoms with Gasteiger partial charge in [-0.15, -0.1) is 4.52 Å². The van der Waals surface area contributed by atoms with Gasteiger partial charge in [0.05, 0.1) is 5.41 Å². The molecular weight excluding hydrogens is 321 g/mol. The van der Waals surface area contributed by atoms with Gasteiger partial charge in [-0.25, -0.2) is 4.79 Å². The fourth-order valence-electron chi connectivity index (χ4n) is 2.19. The van der Waals surface area contributed by atoms with E-state index in [-0.39, 0.29) is 25.0 Å². The maximum absolute atomic E-state index is 11.7. The molecule has 2 rings (SSSR count). The van der Waals surface area contributed by atoms with E-state index in [9.17, 15) is 14.2 Å². The second-order valence-electron chi connectivity index (χ2n) is 5.44. The minimum absolute atomic E-state index is 0.138. The summed E-state index contributed by atoms with van der Waals surface area (Å²) < 4.78 is 22.1. The van der Waals surface area contributed by atoms with Crippen molar-refractivity contribution >= 4 is 26.7 Å². The molecular formula is C14H19N3O5P+. The number of hydrogen-bond acceptors (Lipinski definition) is 7. The van der Waals surface area contributed by atoms with Gasteiger partial charge in [0, 0.05) is 18.8 Å². The zero-order valence-corrected chi connectivity index (χ0v) is 13.8.